The zero-order chi connectivity index (χ0) is 9.30. The maximum atomic E-state index is 10.7. The average molecular weight is 171 g/mol. The summed E-state index contributed by atoms with van der Waals surface area (Å²) in [6, 6.07) is 0. The molecule has 0 aromatic carbocycles. The third kappa shape index (κ3) is 1.58. The Kier molecular flexibility index (Phi) is 2.38. The van der Waals surface area contributed by atoms with E-state index in [1.165, 1.54) is 0 Å². The molecule has 4 nitrogen and oxygen atoms in total. The molecule has 68 valence electrons. The number of H-pyrrole nitrogens is 1. The van der Waals surface area contributed by atoms with Gasteiger partial charge in [0.05, 0.1) is 11.8 Å². The smallest absolute Gasteiger partial charge is 0.413 e. The molecule has 0 spiro atoms. The first kappa shape index (κ1) is 9.06. The van der Waals surface area contributed by atoms with Gasteiger partial charge < -0.3 is 9.52 Å². The van der Waals surface area contributed by atoms with Crippen molar-refractivity contribution in [1.82, 2.24) is 4.98 Å². The molecule has 12 heavy (non-hydrogen) atoms. The van der Waals surface area contributed by atoms with Crippen molar-refractivity contribution in [2.75, 3.05) is 0 Å². The molecule has 1 atom stereocenters. The third-order valence-corrected chi connectivity index (χ3v) is 1.79. The van der Waals surface area contributed by atoms with Crippen molar-refractivity contribution in [3.63, 3.8) is 0 Å². The van der Waals surface area contributed by atoms with Gasteiger partial charge in [-0.3, -0.25) is 4.98 Å². The second-order valence-corrected chi connectivity index (χ2v) is 3.17. The van der Waals surface area contributed by atoms with Gasteiger partial charge in [0.25, 0.3) is 0 Å². The van der Waals surface area contributed by atoms with E-state index < -0.39 is 11.9 Å². The standard InChI is InChI=1S/C8H13NO3/c1-4(2)7(10)6-5(3)12-8(11)9-6/h4,7,10H,1-3H3,(H,9,11). The zero-order valence-corrected chi connectivity index (χ0v) is 7.42. The summed E-state index contributed by atoms with van der Waals surface area (Å²) in [5, 5.41) is 9.56. The van der Waals surface area contributed by atoms with Crippen LogP contribution in [0.5, 0.6) is 0 Å². The van der Waals surface area contributed by atoms with Crippen molar-refractivity contribution in [3.05, 3.63) is 22.0 Å². The van der Waals surface area contributed by atoms with E-state index in [0.29, 0.717) is 11.5 Å². The molecule has 0 aliphatic heterocycles. The highest BCUT2D eigenvalue weighted by Crippen LogP contribution is 2.20. The number of aliphatic hydroxyl groups is 1. The van der Waals surface area contributed by atoms with Crippen molar-refractivity contribution >= 4 is 0 Å². The molecule has 0 aliphatic carbocycles. The Morgan fingerprint density at radius 2 is 2.08 bits per heavy atom. The normalized spacial score (nSPS) is 13.8. The van der Waals surface area contributed by atoms with Crippen LogP contribution in [0.15, 0.2) is 9.21 Å². The summed E-state index contributed by atoms with van der Waals surface area (Å²) >= 11 is 0. The average Bonchev–Trinajstić information content (AvgIpc) is 2.28. The van der Waals surface area contributed by atoms with Crippen molar-refractivity contribution in [1.29, 1.82) is 0 Å². The van der Waals surface area contributed by atoms with E-state index in [2.05, 4.69) is 4.98 Å². The molecule has 4 heteroatoms. The third-order valence-electron chi connectivity index (χ3n) is 1.79. The summed E-state index contributed by atoms with van der Waals surface area (Å²) in [5.74, 6) is 0.0142. The van der Waals surface area contributed by atoms with Gasteiger partial charge in [0.2, 0.25) is 0 Å². The SMILES string of the molecule is Cc1oc(=O)[nH]c1C(O)C(C)C. The molecule has 2 N–H and O–H groups in total. The molecular formula is C8H13NO3. The highest BCUT2D eigenvalue weighted by Gasteiger charge is 2.17. The molecule has 0 radical (unpaired) electrons. The Morgan fingerprint density at radius 1 is 1.50 bits per heavy atom. The summed E-state index contributed by atoms with van der Waals surface area (Å²) in [6.07, 6.45) is -0.656. The van der Waals surface area contributed by atoms with E-state index in [4.69, 9.17) is 4.42 Å². The Labute approximate surface area is 70.2 Å². The van der Waals surface area contributed by atoms with E-state index >= 15 is 0 Å². The van der Waals surface area contributed by atoms with Crippen molar-refractivity contribution in [3.8, 4) is 0 Å². The molecule has 1 rings (SSSR count). The molecular weight excluding hydrogens is 158 g/mol. The Balaban J connectivity index is 3.02. The topological polar surface area (TPSA) is 66.2 Å². The van der Waals surface area contributed by atoms with Gasteiger partial charge in [-0.15, -0.1) is 0 Å². The highest BCUT2D eigenvalue weighted by atomic mass is 16.4. The second kappa shape index (κ2) is 3.15. The van der Waals surface area contributed by atoms with Crippen LogP contribution in [0.4, 0.5) is 0 Å². The largest absolute Gasteiger partial charge is 0.416 e. The fourth-order valence-corrected chi connectivity index (χ4v) is 1.03. The van der Waals surface area contributed by atoms with Crippen LogP contribution in [0, 0.1) is 12.8 Å². The number of hydrogen-bond acceptors (Lipinski definition) is 3. The maximum absolute atomic E-state index is 10.7. The van der Waals surface area contributed by atoms with E-state index in [1.54, 1.807) is 6.92 Å². The van der Waals surface area contributed by atoms with Crippen molar-refractivity contribution in [2.24, 2.45) is 5.92 Å². The van der Waals surface area contributed by atoms with E-state index in [0.717, 1.165) is 0 Å². The van der Waals surface area contributed by atoms with Crippen LogP contribution in [0.3, 0.4) is 0 Å². The fraction of sp³-hybridized carbons (Fsp3) is 0.625. The fourth-order valence-electron chi connectivity index (χ4n) is 1.03. The highest BCUT2D eigenvalue weighted by molar-refractivity contribution is 5.08. The zero-order valence-electron chi connectivity index (χ0n) is 7.42. The number of hydrogen-bond donors (Lipinski definition) is 2. The van der Waals surface area contributed by atoms with Crippen LogP contribution in [0.2, 0.25) is 0 Å². The maximum Gasteiger partial charge on any atom is 0.416 e. The lowest BCUT2D eigenvalue weighted by Gasteiger charge is -2.11. The van der Waals surface area contributed by atoms with Crippen LogP contribution in [-0.4, -0.2) is 10.1 Å². The molecule has 1 heterocycles. The van der Waals surface area contributed by atoms with Crippen LogP contribution in [-0.2, 0) is 0 Å². The number of nitrogens with one attached hydrogen (secondary N) is 1. The summed E-state index contributed by atoms with van der Waals surface area (Å²) in [7, 11) is 0. The van der Waals surface area contributed by atoms with Gasteiger partial charge in [0.1, 0.15) is 5.76 Å². The number of aromatic nitrogens is 1. The van der Waals surface area contributed by atoms with Gasteiger partial charge in [-0.25, -0.2) is 4.79 Å². The predicted octanol–water partition coefficient (Wildman–Crippen LogP) is 0.966. The van der Waals surface area contributed by atoms with Gasteiger partial charge in [-0.2, -0.15) is 0 Å². The summed E-state index contributed by atoms with van der Waals surface area (Å²) < 4.78 is 4.71. The number of rotatable bonds is 2. The lowest BCUT2D eigenvalue weighted by molar-refractivity contribution is 0.121. The molecule has 0 saturated carbocycles. The minimum atomic E-state index is -0.656. The van der Waals surface area contributed by atoms with Crippen molar-refractivity contribution < 1.29 is 9.52 Å². The Hall–Kier alpha value is -1.03. The van der Waals surface area contributed by atoms with Crippen LogP contribution < -0.4 is 5.76 Å². The number of aryl methyl sites for hydroxylation is 1. The molecule has 1 aromatic heterocycles. The minimum absolute atomic E-state index is 0.0666. The van der Waals surface area contributed by atoms with E-state index in [-0.39, 0.29) is 5.92 Å². The first-order valence-electron chi connectivity index (χ1n) is 3.90. The molecule has 0 aliphatic rings. The molecule has 0 fully saturated rings. The molecule has 1 aromatic rings. The minimum Gasteiger partial charge on any atom is -0.413 e. The molecule has 0 amide bonds. The van der Waals surface area contributed by atoms with Gasteiger partial charge in [0, 0.05) is 0 Å². The first-order chi connectivity index (χ1) is 5.52. The van der Waals surface area contributed by atoms with Gasteiger partial charge >= 0.3 is 5.76 Å². The predicted molar refractivity (Wildman–Crippen MR) is 43.9 cm³/mol. The summed E-state index contributed by atoms with van der Waals surface area (Å²) in [5.41, 5.74) is 0.481. The Bertz CT molecular complexity index is 310. The monoisotopic (exact) mass is 171 g/mol. The molecule has 1 unspecified atom stereocenters. The van der Waals surface area contributed by atoms with Gasteiger partial charge in [-0.1, -0.05) is 13.8 Å². The van der Waals surface area contributed by atoms with Crippen LogP contribution in [0.25, 0.3) is 0 Å². The number of aliphatic hydroxyl groups excluding tert-OH is 1. The van der Waals surface area contributed by atoms with E-state index in [9.17, 15) is 9.90 Å². The van der Waals surface area contributed by atoms with Gasteiger partial charge in [-0.05, 0) is 12.8 Å². The van der Waals surface area contributed by atoms with Crippen molar-refractivity contribution in [2.45, 2.75) is 26.9 Å². The number of aromatic amines is 1. The lowest BCUT2D eigenvalue weighted by atomic mass is 10.0. The van der Waals surface area contributed by atoms with Gasteiger partial charge in [0.15, 0.2) is 0 Å². The second-order valence-electron chi connectivity index (χ2n) is 3.17. The quantitative estimate of drug-likeness (QED) is 0.696. The Morgan fingerprint density at radius 3 is 2.42 bits per heavy atom. The number of oxazole rings is 1. The summed E-state index contributed by atoms with van der Waals surface area (Å²) in [6.45, 7) is 5.39. The van der Waals surface area contributed by atoms with Crippen LogP contribution in [0.1, 0.15) is 31.4 Å². The summed E-state index contributed by atoms with van der Waals surface area (Å²) in [4.78, 5) is 13.2. The van der Waals surface area contributed by atoms with E-state index in [1.807, 2.05) is 13.8 Å². The van der Waals surface area contributed by atoms with Crippen LogP contribution >= 0.6 is 0 Å². The lowest BCUT2D eigenvalue weighted by Crippen LogP contribution is -2.08. The molecule has 0 bridgehead atoms. The molecule has 0 saturated heterocycles. The first-order valence-corrected chi connectivity index (χ1v) is 3.90.